The molecular formula is C19H26N2O6S. The van der Waals surface area contributed by atoms with Crippen molar-refractivity contribution in [2.75, 3.05) is 18.6 Å². The highest BCUT2D eigenvalue weighted by molar-refractivity contribution is 7.91. The molecule has 1 heterocycles. The smallest absolute Gasteiger partial charge is 0.223 e. The van der Waals surface area contributed by atoms with E-state index >= 15 is 0 Å². The molecule has 1 aromatic carbocycles. The average Bonchev–Trinajstić information content (AvgIpc) is 2.90. The molecule has 1 aliphatic heterocycles. The summed E-state index contributed by atoms with van der Waals surface area (Å²) < 4.78 is 29.1. The molecule has 1 aromatic rings. The predicted molar refractivity (Wildman–Crippen MR) is 103 cm³/mol. The van der Waals surface area contributed by atoms with Gasteiger partial charge in [0, 0.05) is 12.3 Å². The monoisotopic (exact) mass is 410 g/mol. The molecule has 2 atom stereocenters. The second-order valence-corrected chi connectivity index (χ2v) is 9.69. The second kappa shape index (κ2) is 8.48. The number of rotatable bonds is 7. The highest BCUT2D eigenvalue weighted by Crippen LogP contribution is 2.27. The van der Waals surface area contributed by atoms with Crippen molar-refractivity contribution >= 4 is 21.7 Å². The number of benzene rings is 1. The molecular weight excluding hydrogens is 384 g/mol. The minimum Gasteiger partial charge on any atom is -0.497 e. The van der Waals surface area contributed by atoms with Crippen LogP contribution >= 0.6 is 0 Å². The normalized spacial score (nSPS) is 28.2. The highest BCUT2D eigenvalue weighted by atomic mass is 32.2. The summed E-state index contributed by atoms with van der Waals surface area (Å²) in [6.07, 6.45) is 1.07. The Morgan fingerprint density at radius 1 is 1.11 bits per heavy atom. The molecule has 1 aliphatic carbocycles. The van der Waals surface area contributed by atoms with E-state index < -0.39 is 28.0 Å². The average molecular weight is 410 g/mol. The largest absolute Gasteiger partial charge is 0.497 e. The van der Waals surface area contributed by atoms with Gasteiger partial charge in [-0.2, -0.15) is 0 Å². The Labute approximate surface area is 164 Å². The molecule has 0 aromatic heterocycles. The molecule has 0 spiro atoms. The Hall–Kier alpha value is -2.13. The number of methoxy groups -OCH3 is 1. The van der Waals surface area contributed by atoms with Gasteiger partial charge in [-0.05, 0) is 37.0 Å². The number of amides is 2. The van der Waals surface area contributed by atoms with Gasteiger partial charge < -0.3 is 20.5 Å². The van der Waals surface area contributed by atoms with E-state index in [-0.39, 0.29) is 35.7 Å². The van der Waals surface area contributed by atoms with Crippen molar-refractivity contribution in [2.24, 2.45) is 5.92 Å². The summed E-state index contributed by atoms with van der Waals surface area (Å²) in [7, 11) is -1.74. The molecule has 1 saturated carbocycles. The van der Waals surface area contributed by atoms with Crippen LogP contribution in [-0.4, -0.2) is 62.1 Å². The lowest BCUT2D eigenvalue weighted by molar-refractivity contribution is -0.132. The van der Waals surface area contributed by atoms with Gasteiger partial charge in [0.1, 0.15) is 5.75 Å². The first-order valence-electron chi connectivity index (χ1n) is 9.37. The number of hydrogen-bond acceptors (Lipinski definition) is 6. The number of nitrogens with one attached hydrogen (secondary N) is 2. The third-order valence-electron chi connectivity index (χ3n) is 5.31. The molecule has 154 valence electrons. The third kappa shape index (κ3) is 5.23. The van der Waals surface area contributed by atoms with Crippen molar-refractivity contribution in [3.8, 4) is 5.75 Å². The maximum Gasteiger partial charge on any atom is 0.223 e. The van der Waals surface area contributed by atoms with Crippen LogP contribution in [0.15, 0.2) is 24.3 Å². The maximum absolute atomic E-state index is 12.3. The van der Waals surface area contributed by atoms with Crippen LogP contribution < -0.4 is 15.4 Å². The zero-order chi connectivity index (χ0) is 20.3. The van der Waals surface area contributed by atoms with Gasteiger partial charge in [-0.1, -0.05) is 12.1 Å². The summed E-state index contributed by atoms with van der Waals surface area (Å²) in [5, 5.41) is 14.8. The van der Waals surface area contributed by atoms with Crippen LogP contribution in [0.5, 0.6) is 5.75 Å². The first kappa shape index (κ1) is 20.6. The van der Waals surface area contributed by atoms with Crippen LogP contribution in [0.4, 0.5) is 0 Å². The summed E-state index contributed by atoms with van der Waals surface area (Å²) in [4.78, 5) is 24.5. The lowest BCUT2D eigenvalue weighted by Crippen LogP contribution is -2.53. The molecule has 8 nitrogen and oxygen atoms in total. The number of aryl methyl sites for hydroxylation is 1. The van der Waals surface area contributed by atoms with Crippen molar-refractivity contribution in [1.82, 2.24) is 10.6 Å². The molecule has 2 aliphatic rings. The van der Waals surface area contributed by atoms with E-state index in [4.69, 9.17) is 4.74 Å². The van der Waals surface area contributed by atoms with E-state index in [9.17, 15) is 23.1 Å². The van der Waals surface area contributed by atoms with E-state index in [1.165, 1.54) is 0 Å². The third-order valence-corrected chi connectivity index (χ3v) is 7.04. The van der Waals surface area contributed by atoms with Crippen LogP contribution in [0.25, 0.3) is 0 Å². The Kier molecular flexibility index (Phi) is 6.24. The first-order chi connectivity index (χ1) is 13.3. The minimum atomic E-state index is -3.33. The fourth-order valence-electron chi connectivity index (χ4n) is 3.56. The van der Waals surface area contributed by atoms with Crippen LogP contribution in [0.1, 0.15) is 24.8 Å². The lowest BCUT2D eigenvalue weighted by atomic mass is 9.81. The zero-order valence-corrected chi connectivity index (χ0v) is 16.6. The van der Waals surface area contributed by atoms with Crippen molar-refractivity contribution < 1.29 is 27.9 Å². The Morgan fingerprint density at radius 2 is 1.71 bits per heavy atom. The molecule has 0 radical (unpaired) electrons. The first-order valence-corrected chi connectivity index (χ1v) is 11.2. The standard InChI is InChI=1S/C19H26N2O6S/c1-27-15-5-2-12(3-6-15)4-7-18(23)20-16-10-28(25,26)11-17(16)21-19(24)13-8-14(22)9-13/h2-3,5-6,13-14,16-17,22H,4,7-11H2,1H3,(H,20,23)(H,21,24)/t13?,14?,16-,17+/m0/s1. The lowest BCUT2D eigenvalue weighted by Gasteiger charge is -2.32. The predicted octanol–water partition coefficient (Wildman–Crippen LogP) is -0.203. The van der Waals surface area contributed by atoms with Gasteiger partial charge in [-0.15, -0.1) is 0 Å². The highest BCUT2D eigenvalue weighted by Gasteiger charge is 2.41. The van der Waals surface area contributed by atoms with Gasteiger partial charge >= 0.3 is 0 Å². The van der Waals surface area contributed by atoms with E-state index in [1.54, 1.807) is 7.11 Å². The number of aliphatic hydroxyl groups is 1. The molecule has 28 heavy (non-hydrogen) atoms. The molecule has 0 bridgehead atoms. The van der Waals surface area contributed by atoms with Crippen LogP contribution in [0.3, 0.4) is 0 Å². The fraction of sp³-hybridized carbons (Fsp3) is 0.579. The van der Waals surface area contributed by atoms with E-state index in [0.29, 0.717) is 19.3 Å². The summed E-state index contributed by atoms with van der Waals surface area (Å²) in [6.45, 7) is 0. The maximum atomic E-state index is 12.3. The topological polar surface area (TPSA) is 122 Å². The molecule has 9 heteroatoms. The van der Waals surface area contributed by atoms with Crippen LogP contribution in [0, 0.1) is 5.92 Å². The number of hydrogen-bond donors (Lipinski definition) is 3. The van der Waals surface area contributed by atoms with Gasteiger partial charge in [0.05, 0.1) is 36.8 Å². The molecule has 3 rings (SSSR count). The number of carbonyl (C=O) groups is 2. The fourth-order valence-corrected chi connectivity index (χ4v) is 5.43. The number of sulfone groups is 1. The molecule has 2 fully saturated rings. The SMILES string of the molecule is COc1ccc(CCC(=O)N[C@H]2CS(=O)(=O)C[C@H]2NC(=O)C2CC(O)C2)cc1. The van der Waals surface area contributed by atoms with Gasteiger partial charge in [0.15, 0.2) is 9.84 Å². The molecule has 1 saturated heterocycles. The molecule has 2 amide bonds. The number of ether oxygens (including phenoxy) is 1. The Bertz CT molecular complexity index is 817. The van der Waals surface area contributed by atoms with E-state index in [2.05, 4.69) is 10.6 Å². The van der Waals surface area contributed by atoms with Gasteiger partial charge in [-0.3, -0.25) is 9.59 Å². The summed E-state index contributed by atoms with van der Waals surface area (Å²) in [5.74, 6) is -0.426. The van der Waals surface area contributed by atoms with Crippen molar-refractivity contribution in [1.29, 1.82) is 0 Å². The van der Waals surface area contributed by atoms with E-state index in [1.807, 2.05) is 24.3 Å². The zero-order valence-electron chi connectivity index (χ0n) is 15.8. The van der Waals surface area contributed by atoms with Gasteiger partial charge in [0.2, 0.25) is 11.8 Å². The number of aliphatic hydroxyl groups excluding tert-OH is 1. The van der Waals surface area contributed by atoms with Crippen molar-refractivity contribution in [2.45, 2.75) is 43.9 Å². The Balaban J connectivity index is 1.52. The summed E-state index contributed by atoms with van der Waals surface area (Å²) in [5.41, 5.74) is 0.975. The van der Waals surface area contributed by atoms with E-state index in [0.717, 1.165) is 11.3 Å². The van der Waals surface area contributed by atoms with Crippen molar-refractivity contribution in [3.63, 3.8) is 0 Å². The van der Waals surface area contributed by atoms with Crippen LogP contribution in [-0.2, 0) is 25.8 Å². The quantitative estimate of drug-likeness (QED) is 0.572. The summed E-state index contributed by atoms with van der Waals surface area (Å²) >= 11 is 0. The number of carbonyl (C=O) groups excluding carboxylic acids is 2. The van der Waals surface area contributed by atoms with Crippen molar-refractivity contribution in [3.05, 3.63) is 29.8 Å². The second-order valence-electron chi connectivity index (χ2n) is 7.54. The minimum absolute atomic E-state index is 0.181. The molecule has 0 unspecified atom stereocenters. The Morgan fingerprint density at radius 3 is 2.29 bits per heavy atom. The van der Waals surface area contributed by atoms with Crippen LogP contribution in [0.2, 0.25) is 0 Å². The van der Waals surface area contributed by atoms with Gasteiger partial charge in [-0.25, -0.2) is 8.42 Å². The molecule has 3 N–H and O–H groups in total. The summed E-state index contributed by atoms with van der Waals surface area (Å²) in [6, 6.07) is 6.12. The van der Waals surface area contributed by atoms with Gasteiger partial charge in [0.25, 0.3) is 0 Å².